The number of amides is 2. The largest absolute Gasteiger partial charge is 0.464 e. The molecule has 1 aliphatic carbocycles. The van der Waals surface area contributed by atoms with Gasteiger partial charge in [-0.2, -0.15) is 5.10 Å². The Bertz CT molecular complexity index is 936. The fourth-order valence-electron chi connectivity index (χ4n) is 3.83. The summed E-state index contributed by atoms with van der Waals surface area (Å²) in [5, 5.41) is 7.26. The molecule has 28 heavy (non-hydrogen) atoms. The number of hydrogen-bond acceptors (Lipinski definition) is 3. The van der Waals surface area contributed by atoms with E-state index in [-0.39, 0.29) is 12.1 Å². The Balaban J connectivity index is 1.47. The smallest absolute Gasteiger partial charge is 0.322 e. The third kappa shape index (κ3) is 4.11. The van der Waals surface area contributed by atoms with Crippen molar-refractivity contribution in [3.05, 3.63) is 60.3 Å². The van der Waals surface area contributed by atoms with Crippen LogP contribution in [0.25, 0.3) is 11.1 Å². The zero-order valence-corrected chi connectivity index (χ0v) is 16.4. The Kier molecular flexibility index (Phi) is 5.19. The SMILES string of the molecule is Cc1ccc(CN(C(=O)Nc2ccc(-c3cnn(C)c3)cc2)C2CCCC2)o1. The van der Waals surface area contributed by atoms with Crippen LogP contribution in [0.5, 0.6) is 0 Å². The lowest BCUT2D eigenvalue weighted by Crippen LogP contribution is -2.41. The maximum atomic E-state index is 13.0. The number of benzene rings is 1. The van der Waals surface area contributed by atoms with Gasteiger partial charge in [0.05, 0.1) is 12.7 Å². The molecule has 0 aliphatic heterocycles. The Hall–Kier alpha value is -3.02. The second kappa shape index (κ2) is 7.92. The lowest BCUT2D eigenvalue weighted by Gasteiger charge is -2.28. The van der Waals surface area contributed by atoms with Crippen molar-refractivity contribution in [2.45, 2.75) is 45.2 Å². The molecule has 4 rings (SSSR count). The van der Waals surface area contributed by atoms with Gasteiger partial charge in [-0.15, -0.1) is 0 Å². The van der Waals surface area contributed by atoms with E-state index in [9.17, 15) is 4.79 Å². The quantitative estimate of drug-likeness (QED) is 0.682. The maximum Gasteiger partial charge on any atom is 0.322 e. The molecule has 1 fully saturated rings. The van der Waals surface area contributed by atoms with E-state index < -0.39 is 0 Å². The number of aromatic nitrogens is 2. The Morgan fingerprint density at radius 1 is 1.18 bits per heavy atom. The summed E-state index contributed by atoms with van der Waals surface area (Å²) in [5.74, 6) is 1.69. The fraction of sp³-hybridized carbons (Fsp3) is 0.364. The van der Waals surface area contributed by atoms with E-state index in [1.165, 1.54) is 12.8 Å². The minimum atomic E-state index is -0.0740. The summed E-state index contributed by atoms with van der Waals surface area (Å²) in [6, 6.07) is 12.0. The molecule has 1 saturated carbocycles. The number of furan rings is 1. The predicted octanol–water partition coefficient (Wildman–Crippen LogP) is 4.97. The number of carbonyl (C=O) groups is 1. The van der Waals surface area contributed by atoms with E-state index in [0.717, 1.165) is 41.2 Å². The van der Waals surface area contributed by atoms with Crippen LogP contribution in [0.3, 0.4) is 0 Å². The van der Waals surface area contributed by atoms with Crippen LogP contribution in [-0.4, -0.2) is 26.8 Å². The summed E-state index contributed by atoms with van der Waals surface area (Å²) in [5.41, 5.74) is 2.92. The first-order valence-corrected chi connectivity index (χ1v) is 9.80. The van der Waals surface area contributed by atoms with Crippen LogP contribution >= 0.6 is 0 Å². The molecular weight excluding hydrogens is 352 g/mol. The highest BCUT2D eigenvalue weighted by molar-refractivity contribution is 5.89. The monoisotopic (exact) mass is 378 g/mol. The number of aryl methyl sites for hydroxylation is 2. The molecule has 0 bridgehead atoms. The van der Waals surface area contributed by atoms with Crippen LogP contribution in [-0.2, 0) is 13.6 Å². The van der Waals surface area contributed by atoms with E-state index in [1.54, 1.807) is 4.68 Å². The summed E-state index contributed by atoms with van der Waals surface area (Å²) < 4.78 is 7.49. The van der Waals surface area contributed by atoms with E-state index >= 15 is 0 Å². The number of urea groups is 1. The minimum absolute atomic E-state index is 0.0740. The summed E-state index contributed by atoms with van der Waals surface area (Å²) in [4.78, 5) is 14.9. The lowest BCUT2D eigenvalue weighted by molar-refractivity contribution is 0.178. The summed E-state index contributed by atoms with van der Waals surface area (Å²) in [7, 11) is 1.90. The number of nitrogens with one attached hydrogen (secondary N) is 1. The first-order valence-electron chi connectivity index (χ1n) is 9.80. The molecule has 2 aromatic heterocycles. The number of anilines is 1. The van der Waals surface area contributed by atoms with Gasteiger partial charge in [-0.05, 0) is 49.6 Å². The highest BCUT2D eigenvalue weighted by atomic mass is 16.3. The number of carbonyl (C=O) groups excluding carboxylic acids is 1. The summed E-state index contributed by atoms with van der Waals surface area (Å²) in [6.45, 7) is 2.42. The van der Waals surface area contributed by atoms with E-state index in [0.29, 0.717) is 6.54 Å². The zero-order chi connectivity index (χ0) is 19.5. The average molecular weight is 378 g/mol. The van der Waals surface area contributed by atoms with E-state index in [2.05, 4.69) is 10.4 Å². The molecule has 0 radical (unpaired) electrons. The van der Waals surface area contributed by atoms with Crippen molar-refractivity contribution in [2.75, 3.05) is 5.32 Å². The van der Waals surface area contributed by atoms with Crippen molar-refractivity contribution >= 4 is 11.7 Å². The standard InChI is InChI=1S/C22H26N4O2/c1-16-7-12-21(28-16)15-26(20-5-3-4-6-20)22(27)24-19-10-8-17(9-11-19)18-13-23-25(2)14-18/h7-14,20H,3-6,15H2,1-2H3,(H,24,27). The van der Waals surface area contributed by atoms with E-state index in [4.69, 9.17) is 4.42 Å². The number of nitrogens with zero attached hydrogens (tertiary/aromatic N) is 3. The van der Waals surface area contributed by atoms with Crippen LogP contribution in [0.1, 0.15) is 37.2 Å². The van der Waals surface area contributed by atoms with Gasteiger partial charge >= 0.3 is 6.03 Å². The van der Waals surface area contributed by atoms with Crippen molar-refractivity contribution in [3.63, 3.8) is 0 Å². The van der Waals surface area contributed by atoms with Gasteiger partial charge in [0, 0.05) is 30.5 Å². The molecule has 0 unspecified atom stereocenters. The van der Waals surface area contributed by atoms with Gasteiger partial charge in [-0.25, -0.2) is 4.79 Å². The fourth-order valence-corrected chi connectivity index (χ4v) is 3.83. The molecule has 1 N–H and O–H groups in total. The van der Waals surface area contributed by atoms with Gasteiger partial charge in [0.1, 0.15) is 11.5 Å². The Labute approximate surface area is 165 Å². The van der Waals surface area contributed by atoms with E-state index in [1.807, 2.05) is 67.7 Å². The average Bonchev–Trinajstić information content (AvgIpc) is 3.43. The van der Waals surface area contributed by atoms with Gasteiger partial charge < -0.3 is 14.6 Å². The van der Waals surface area contributed by atoms with Gasteiger partial charge in [0.25, 0.3) is 0 Å². The topological polar surface area (TPSA) is 63.3 Å². The second-order valence-corrected chi connectivity index (χ2v) is 7.49. The Morgan fingerprint density at radius 3 is 2.54 bits per heavy atom. The molecule has 0 spiro atoms. The summed E-state index contributed by atoms with van der Waals surface area (Å²) >= 11 is 0. The second-order valence-electron chi connectivity index (χ2n) is 7.49. The van der Waals surface area contributed by atoms with Crippen molar-refractivity contribution in [3.8, 4) is 11.1 Å². The molecule has 0 atom stereocenters. The van der Waals surface area contributed by atoms with Gasteiger partial charge in [0.15, 0.2) is 0 Å². The number of rotatable bonds is 5. The molecular formula is C22H26N4O2. The maximum absolute atomic E-state index is 13.0. The first-order chi connectivity index (χ1) is 13.6. The van der Waals surface area contributed by atoms with Crippen LogP contribution in [0, 0.1) is 6.92 Å². The molecule has 1 aromatic carbocycles. The molecule has 6 heteroatoms. The molecule has 1 aliphatic rings. The molecule has 6 nitrogen and oxygen atoms in total. The third-order valence-electron chi connectivity index (χ3n) is 5.32. The molecule has 146 valence electrons. The highest BCUT2D eigenvalue weighted by Crippen LogP contribution is 2.27. The van der Waals surface area contributed by atoms with Crippen LogP contribution in [0.15, 0.2) is 53.2 Å². The molecule has 0 saturated heterocycles. The van der Waals surface area contributed by atoms with Crippen molar-refractivity contribution in [2.24, 2.45) is 7.05 Å². The minimum Gasteiger partial charge on any atom is -0.464 e. The van der Waals surface area contributed by atoms with Gasteiger partial charge in [-0.3, -0.25) is 4.68 Å². The normalized spacial score (nSPS) is 14.4. The van der Waals surface area contributed by atoms with Crippen LogP contribution in [0.2, 0.25) is 0 Å². The highest BCUT2D eigenvalue weighted by Gasteiger charge is 2.27. The summed E-state index contributed by atoms with van der Waals surface area (Å²) in [6.07, 6.45) is 8.25. The Morgan fingerprint density at radius 2 is 1.93 bits per heavy atom. The molecule has 2 heterocycles. The van der Waals surface area contributed by atoms with Crippen LogP contribution in [0.4, 0.5) is 10.5 Å². The van der Waals surface area contributed by atoms with Gasteiger partial charge in [0.2, 0.25) is 0 Å². The zero-order valence-electron chi connectivity index (χ0n) is 16.4. The first kappa shape index (κ1) is 18.3. The molecule has 3 aromatic rings. The van der Waals surface area contributed by atoms with Gasteiger partial charge in [-0.1, -0.05) is 25.0 Å². The predicted molar refractivity (Wildman–Crippen MR) is 109 cm³/mol. The van der Waals surface area contributed by atoms with Crippen molar-refractivity contribution < 1.29 is 9.21 Å². The lowest BCUT2D eigenvalue weighted by atomic mass is 10.1. The van der Waals surface area contributed by atoms with Crippen molar-refractivity contribution in [1.82, 2.24) is 14.7 Å². The van der Waals surface area contributed by atoms with Crippen molar-refractivity contribution in [1.29, 1.82) is 0 Å². The van der Waals surface area contributed by atoms with Crippen LogP contribution < -0.4 is 5.32 Å². The third-order valence-corrected chi connectivity index (χ3v) is 5.32. The number of hydrogen-bond donors (Lipinski definition) is 1. The molecule has 2 amide bonds.